The standard InChI is InChI=1S/C19H16ClF2NO4/c20-13-3-1-12(2-4-13)19(9-10-19)17(25)26-11-16(24)23-14-5-7-15(8-6-14)27-18(21)22/h1-8,18H,9-11H2,(H,23,24). The van der Waals surface area contributed by atoms with E-state index in [1.54, 1.807) is 24.3 Å². The van der Waals surface area contributed by atoms with Gasteiger partial charge in [0.2, 0.25) is 0 Å². The van der Waals surface area contributed by atoms with E-state index in [1.807, 2.05) is 0 Å². The second kappa shape index (κ2) is 7.92. The van der Waals surface area contributed by atoms with Crippen molar-refractivity contribution in [2.75, 3.05) is 11.9 Å². The molecule has 0 aromatic heterocycles. The van der Waals surface area contributed by atoms with E-state index in [0.29, 0.717) is 23.6 Å². The number of carbonyl (C=O) groups excluding carboxylic acids is 2. The molecule has 0 atom stereocenters. The lowest BCUT2D eigenvalue weighted by atomic mass is 9.96. The molecular formula is C19H16ClF2NO4. The number of nitrogens with one attached hydrogen (secondary N) is 1. The molecule has 0 aliphatic heterocycles. The summed E-state index contributed by atoms with van der Waals surface area (Å²) in [6.07, 6.45) is 1.31. The van der Waals surface area contributed by atoms with Crippen molar-refractivity contribution in [1.82, 2.24) is 0 Å². The number of amides is 1. The molecule has 27 heavy (non-hydrogen) atoms. The summed E-state index contributed by atoms with van der Waals surface area (Å²) in [6.45, 7) is -3.36. The molecule has 0 unspecified atom stereocenters. The van der Waals surface area contributed by atoms with Gasteiger partial charge in [0, 0.05) is 10.7 Å². The van der Waals surface area contributed by atoms with Crippen LogP contribution in [0.25, 0.3) is 0 Å². The van der Waals surface area contributed by atoms with Crippen LogP contribution in [-0.2, 0) is 19.7 Å². The molecule has 0 spiro atoms. The van der Waals surface area contributed by atoms with Gasteiger partial charge in [0.05, 0.1) is 5.41 Å². The molecule has 1 aliphatic rings. The second-order valence-corrected chi connectivity index (χ2v) is 6.55. The normalized spacial score (nSPS) is 14.5. The van der Waals surface area contributed by atoms with E-state index in [0.717, 1.165) is 5.56 Å². The Balaban J connectivity index is 1.51. The zero-order chi connectivity index (χ0) is 19.4. The van der Waals surface area contributed by atoms with Crippen LogP contribution in [0.1, 0.15) is 18.4 Å². The summed E-state index contributed by atoms with van der Waals surface area (Å²) >= 11 is 5.86. The fourth-order valence-corrected chi connectivity index (χ4v) is 2.82. The maximum atomic E-state index is 12.4. The third-order valence-corrected chi connectivity index (χ3v) is 4.49. The number of ether oxygens (including phenoxy) is 2. The molecule has 8 heteroatoms. The molecule has 142 valence electrons. The average molecular weight is 396 g/mol. The second-order valence-electron chi connectivity index (χ2n) is 6.12. The summed E-state index contributed by atoms with van der Waals surface area (Å²) in [7, 11) is 0. The van der Waals surface area contributed by atoms with Gasteiger partial charge in [-0.2, -0.15) is 8.78 Å². The highest BCUT2D eigenvalue weighted by atomic mass is 35.5. The maximum Gasteiger partial charge on any atom is 0.387 e. The molecule has 1 amide bonds. The topological polar surface area (TPSA) is 64.6 Å². The van der Waals surface area contributed by atoms with Crippen molar-refractivity contribution in [1.29, 1.82) is 0 Å². The average Bonchev–Trinajstić information content (AvgIpc) is 3.43. The van der Waals surface area contributed by atoms with E-state index >= 15 is 0 Å². The van der Waals surface area contributed by atoms with E-state index in [-0.39, 0.29) is 5.75 Å². The molecule has 0 saturated heterocycles. The Kier molecular flexibility index (Phi) is 5.60. The number of carbonyl (C=O) groups is 2. The van der Waals surface area contributed by atoms with Crippen molar-refractivity contribution in [2.45, 2.75) is 24.9 Å². The Morgan fingerprint density at radius 1 is 1.07 bits per heavy atom. The zero-order valence-corrected chi connectivity index (χ0v) is 14.8. The molecule has 3 rings (SSSR count). The van der Waals surface area contributed by atoms with E-state index in [9.17, 15) is 18.4 Å². The first-order valence-electron chi connectivity index (χ1n) is 8.17. The SMILES string of the molecule is O=C(COC(=O)C1(c2ccc(Cl)cc2)CC1)Nc1ccc(OC(F)F)cc1. The van der Waals surface area contributed by atoms with Crippen molar-refractivity contribution in [3.63, 3.8) is 0 Å². The fourth-order valence-electron chi connectivity index (χ4n) is 2.69. The predicted molar refractivity (Wildman–Crippen MR) is 95.0 cm³/mol. The summed E-state index contributed by atoms with van der Waals surface area (Å²) in [5.74, 6) is -1.01. The summed E-state index contributed by atoms with van der Waals surface area (Å²) < 4.78 is 33.6. The number of rotatable bonds is 7. The van der Waals surface area contributed by atoms with E-state index in [2.05, 4.69) is 10.1 Å². The highest BCUT2D eigenvalue weighted by molar-refractivity contribution is 6.30. The lowest BCUT2D eigenvalue weighted by Gasteiger charge is -2.15. The monoisotopic (exact) mass is 395 g/mol. The maximum absolute atomic E-state index is 12.4. The molecular weight excluding hydrogens is 380 g/mol. The Morgan fingerprint density at radius 2 is 1.70 bits per heavy atom. The lowest BCUT2D eigenvalue weighted by Crippen LogP contribution is -2.28. The van der Waals surface area contributed by atoms with Crippen molar-refractivity contribution in [2.24, 2.45) is 0 Å². The first-order valence-corrected chi connectivity index (χ1v) is 8.55. The Labute approximate surface area is 159 Å². The van der Waals surface area contributed by atoms with Gasteiger partial charge in [-0.25, -0.2) is 0 Å². The Bertz CT molecular complexity index is 821. The Morgan fingerprint density at radius 3 is 2.26 bits per heavy atom. The van der Waals surface area contributed by atoms with Crippen LogP contribution in [0.3, 0.4) is 0 Å². The van der Waals surface area contributed by atoms with Gasteiger partial charge in [-0.3, -0.25) is 9.59 Å². The van der Waals surface area contributed by atoms with Crippen molar-refractivity contribution >= 4 is 29.2 Å². The van der Waals surface area contributed by atoms with Crippen LogP contribution in [0.4, 0.5) is 14.5 Å². The number of hydrogen-bond donors (Lipinski definition) is 1. The molecule has 1 saturated carbocycles. The highest BCUT2D eigenvalue weighted by Crippen LogP contribution is 2.49. The molecule has 1 fully saturated rings. The van der Waals surface area contributed by atoms with Crippen LogP contribution in [-0.4, -0.2) is 25.1 Å². The summed E-state index contributed by atoms with van der Waals surface area (Å²) in [4.78, 5) is 24.3. The number of alkyl halides is 2. The zero-order valence-electron chi connectivity index (χ0n) is 14.1. The summed E-state index contributed by atoms with van der Waals surface area (Å²) in [6, 6.07) is 12.4. The third kappa shape index (κ3) is 4.74. The number of benzene rings is 2. The first kappa shape index (κ1) is 19.1. The fraction of sp³-hybridized carbons (Fsp3) is 0.263. The van der Waals surface area contributed by atoms with Gasteiger partial charge in [0.15, 0.2) is 6.61 Å². The van der Waals surface area contributed by atoms with Crippen LogP contribution < -0.4 is 10.1 Å². The van der Waals surface area contributed by atoms with Gasteiger partial charge in [-0.15, -0.1) is 0 Å². The minimum absolute atomic E-state index is 0.0203. The third-order valence-electron chi connectivity index (χ3n) is 4.24. The Hall–Kier alpha value is -2.67. The minimum atomic E-state index is -2.92. The number of anilines is 1. The lowest BCUT2D eigenvalue weighted by molar-refractivity contribution is -0.150. The van der Waals surface area contributed by atoms with E-state index in [1.165, 1.54) is 24.3 Å². The first-order chi connectivity index (χ1) is 12.9. The molecule has 1 N–H and O–H groups in total. The van der Waals surface area contributed by atoms with Crippen LogP contribution >= 0.6 is 11.6 Å². The summed E-state index contributed by atoms with van der Waals surface area (Å²) in [5.41, 5.74) is 0.475. The predicted octanol–water partition coefficient (Wildman–Crippen LogP) is 4.15. The molecule has 2 aromatic rings. The van der Waals surface area contributed by atoms with Gasteiger partial charge in [-0.05, 0) is 54.8 Å². The van der Waals surface area contributed by atoms with Crippen molar-refractivity contribution in [3.05, 3.63) is 59.1 Å². The van der Waals surface area contributed by atoms with Crippen molar-refractivity contribution in [3.8, 4) is 5.75 Å². The van der Waals surface area contributed by atoms with E-state index in [4.69, 9.17) is 16.3 Å². The number of hydrogen-bond acceptors (Lipinski definition) is 4. The van der Waals surface area contributed by atoms with Crippen LogP contribution in [0.5, 0.6) is 5.75 Å². The molecule has 5 nitrogen and oxygen atoms in total. The highest BCUT2D eigenvalue weighted by Gasteiger charge is 2.52. The van der Waals surface area contributed by atoms with Crippen LogP contribution in [0.2, 0.25) is 5.02 Å². The smallest absolute Gasteiger partial charge is 0.387 e. The number of halogens is 3. The van der Waals surface area contributed by atoms with Gasteiger partial charge in [-0.1, -0.05) is 23.7 Å². The van der Waals surface area contributed by atoms with Gasteiger partial charge >= 0.3 is 12.6 Å². The van der Waals surface area contributed by atoms with Crippen molar-refractivity contribution < 1.29 is 27.8 Å². The largest absolute Gasteiger partial charge is 0.455 e. The molecule has 0 heterocycles. The van der Waals surface area contributed by atoms with Gasteiger partial charge in [0.1, 0.15) is 5.75 Å². The van der Waals surface area contributed by atoms with E-state index < -0.39 is 30.5 Å². The molecule has 0 radical (unpaired) electrons. The van der Waals surface area contributed by atoms with Gasteiger partial charge < -0.3 is 14.8 Å². The van der Waals surface area contributed by atoms with Crippen LogP contribution in [0, 0.1) is 0 Å². The summed E-state index contributed by atoms with van der Waals surface area (Å²) in [5, 5.41) is 3.10. The molecule has 2 aromatic carbocycles. The number of esters is 1. The minimum Gasteiger partial charge on any atom is -0.455 e. The quantitative estimate of drug-likeness (QED) is 0.715. The molecule has 1 aliphatic carbocycles. The van der Waals surface area contributed by atoms with Gasteiger partial charge in [0.25, 0.3) is 5.91 Å². The molecule has 0 bridgehead atoms. The van der Waals surface area contributed by atoms with Crippen LogP contribution in [0.15, 0.2) is 48.5 Å².